The van der Waals surface area contributed by atoms with Crippen LogP contribution in [0.2, 0.25) is 0 Å². The van der Waals surface area contributed by atoms with Crippen LogP contribution in [-0.4, -0.2) is 154 Å². The molecular weight excluding hydrogens is 440 g/mol. The molecule has 0 saturated carbocycles. The smallest absolute Gasteiger partial charge is 0.156 e. The van der Waals surface area contributed by atoms with E-state index in [0.29, 0.717) is 6.61 Å². The van der Waals surface area contributed by atoms with Crippen molar-refractivity contribution in [1.29, 1.82) is 0 Å². The third-order valence-electron chi connectivity index (χ3n) is 6.66. The van der Waals surface area contributed by atoms with Gasteiger partial charge in [-0.05, 0) is 6.92 Å². The van der Waals surface area contributed by atoms with Crippen molar-refractivity contribution in [1.82, 2.24) is 0 Å². The molecule has 14 nitrogen and oxygen atoms in total. The van der Waals surface area contributed by atoms with E-state index in [0.717, 1.165) is 0 Å². The van der Waals surface area contributed by atoms with Gasteiger partial charge in [-0.25, -0.2) is 0 Å². The number of aliphatic hydroxyl groups is 11. The summed E-state index contributed by atoms with van der Waals surface area (Å²) < 4.78 is 15.9. The fourth-order valence-corrected chi connectivity index (χ4v) is 4.59. The van der Waals surface area contributed by atoms with Gasteiger partial charge < -0.3 is 70.4 Å². The predicted molar refractivity (Wildman–Crippen MR) is 98.3 cm³/mol. The molecule has 3 aliphatic heterocycles. The lowest BCUT2D eigenvalue weighted by atomic mass is 9.64. The van der Waals surface area contributed by atoms with Crippen LogP contribution in [0.3, 0.4) is 0 Å². The van der Waals surface area contributed by atoms with Gasteiger partial charge in [0.2, 0.25) is 0 Å². The molecule has 0 bridgehead atoms. The predicted octanol–water partition coefficient (Wildman–Crippen LogP) is -6.93. The highest BCUT2D eigenvalue weighted by molar-refractivity contribution is 5.24. The monoisotopic (exact) mass is 471 g/mol. The lowest BCUT2D eigenvalue weighted by Crippen LogP contribution is -2.83. The zero-order valence-corrected chi connectivity index (χ0v) is 17.1. The summed E-state index contributed by atoms with van der Waals surface area (Å²) in [5, 5.41) is 114. The molecule has 0 aromatic carbocycles. The third kappa shape index (κ3) is 3.68. The van der Waals surface area contributed by atoms with Crippen molar-refractivity contribution in [3.63, 3.8) is 0 Å². The van der Waals surface area contributed by atoms with Crippen molar-refractivity contribution >= 4 is 0 Å². The number of hydrogen-bond acceptors (Lipinski definition) is 14. The van der Waals surface area contributed by atoms with E-state index in [4.69, 9.17) is 14.2 Å². The SMILES string of the molecule is C[C@H]1OC([C@]2(O)[CH]O[C@H](CO)[C@@H](O)[C@@]2(O)[C@H]2O[C@@H](CO)[C@H](O)[C@@H](O)[C@@H]2O)[C@H](O)[C@@H](O)[C@@H]1O. The van der Waals surface area contributed by atoms with Crippen LogP contribution in [0.5, 0.6) is 0 Å². The summed E-state index contributed by atoms with van der Waals surface area (Å²) >= 11 is 0. The van der Waals surface area contributed by atoms with Gasteiger partial charge in [-0.1, -0.05) is 0 Å². The molecule has 11 N–H and O–H groups in total. The summed E-state index contributed by atoms with van der Waals surface area (Å²) in [6.07, 6.45) is -22.2. The minimum atomic E-state index is -3.11. The Balaban J connectivity index is 2.10. The Bertz CT molecular complexity index is 651. The summed E-state index contributed by atoms with van der Waals surface area (Å²) in [5.41, 5.74) is -6.10. The van der Waals surface area contributed by atoms with Gasteiger partial charge in [-0.3, -0.25) is 0 Å². The molecular formula is C18H31O14. The number of ether oxygens (including phenoxy) is 3. The first kappa shape index (κ1) is 26.1. The minimum Gasteiger partial charge on any atom is -0.394 e. The molecule has 1 unspecified atom stereocenters. The van der Waals surface area contributed by atoms with Crippen LogP contribution in [0.25, 0.3) is 0 Å². The first-order chi connectivity index (χ1) is 14.9. The van der Waals surface area contributed by atoms with E-state index in [1.165, 1.54) is 6.92 Å². The zero-order valence-electron chi connectivity index (χ0n) is 17.1. The van der Waals surface area contributed by atoms with Crippen molar-refractivity contribution in [2.24, 2.45) is 0 Å². The van der Waals surface area contributed by atoms with E-state index in [1.807, 2.05) is 0 Å². The highest BCUT2D eigenvalue weighted by Gasteiger charge is 2.72. The molecule has 0 aliphatic carbocycles. The van der Waals surface area contributed by atoms with Crippen LogP contribution in [0.1, 0.15) is 6.92 Å². The molecule has 14 heteroatoms. The quantitative estimate of drug-likeness (QED) is 0.182. The third-order valence-corrected chi connectivity index (χ3v) is 6.66. The summed E-state index contributed by atoms with van der Waals surface area (Å²) in [5.74, 6) is 0. The first-order valence-corrected chi connectivity index (χ1v) is 10.1. The van der Waals surface area contributed by atoms with Crippen molar-refractivity contribution in [2.45, 2.75) is 91.4 Å². The Morgan fingerprint density at radius 3 is 1.78 bits per heavy atom. The molecule has 32 heavy (non-hydrogen) atoms. The fourth-order valence-electron chi connectivity index (χ4n) is 4.59. The highest BCUT2D eigenvalue weighted by Crippen LogP contribution is 2.48. The molecule has 0 spiro atoms. The Labute approximate surface area is 182 Å². The molecule has 0 amide bonds. The van der Waals surface area contributed by atoms with Crippen LogP contribution in [0.4, 0.5) is 0 Å². The average molecular weight is 471 g/mol. The maximum Gasteiger partial charge on any atom is 0.156 e. The minimum absolute atomic E-state index is 0.521. The standard InChI is InChI=1S/C18H31O14/c1-5-8(21)10(23)12(25)15(31-5)17(28)4-30-7(3-20)14(27)18(17,29)16-13(26)11(24)9(22)6(2-19)32-16/h4-16,19-29H,2-3H2,1H3/t5-,6+,7-,8-,9+,10+,11-,12-,13+,14-,15?,16+,17-,18-/m1/s1. The zero-order chi connectivity index (χ0) is 24.2. The Morgan fingerprint density at radius 2 is 1.22 bits per heavy atom. The molecule has 0 aromatic heterocycles. The normalized spacial score (nSPS) is 57.4. The topological polar surface area (TPSA) is 250 Å². The van der Waals surface area contributed by atoms with Gasteiger partial charge in [0.1, 0.15) is 73.8 Å². The van der Waals surface area contributed by atoms with Crippen molar-refractivity contribution in [2.75, 3.05) is 13.2 Å². The van der Waals surface area contributed by atoms with Gasteiger partial charge in [0.05, 0.1) is 19.3 Å². The Hall–Kier alpha value is -0.560. The summed E-state index contributed by atoms with van der Waals surface area (Å²) in [6, 6.07) is 0. The number of aliphatic hydroxyl groups excluding tert-OH is 9. The van der Waals surface area contributed by atoms with Crippen LogP contribution in [0, 0.1) is 6.61 Å². The second-order valence-electron chi connectivity index (χ2n) is 8.55. The average Bonchev–Trinajstić information content (AvgIpc) is 2.77. The maximum absolute atomic E-state index is 11.7. The van der Waals surface area contributed by atoms with Gasteiger partial charge in [-0.2, -0.15) is 0 Å². The molecule has 0 aromatic rings. The second-order valence-corrected chi connectivity index (χ2v) is 8.55. The van der Waals surface area contributed by atoms with Crippen molar-refractivity contribution in [3.05, 3.63) is 6.61 Å². The molecule has 3 rings (SSSR count). The summed E-state index contributed by atoms with van der Waals surface area (Å²) in [6.45, 7) is 0.0340. The largest absolute Gasteiger partial charge is 0.394 e. The van der Waals surface area contributed by atoms with Gasteiger partial charge in [0.15, 0.2) is 11.2 Å². The van der Waals surface area contributed by atoms with Crippen LogP contribution in [0.15, 0.2) is 0 Å². The summed E-state index contributed by atoms with van der Waals surface area (Å²) in [7, 11) is 0. The van der Waals surface area contributed by atoms with Crippen LogP contribution >= 0.6 is 0 Å². The van der Waals surface area contributed by atoms with E-state index in [-0.39, 0.29) is 0 Å². The van der Waals surface area contributed by atoms with E-state index in [1.54, 1.807) is 0 Å². The maximum atomic E-state index is 11.7. The molecule has 14 atom stereocenters. The van der Waals surface area contributed by atoms with Crippen LogP contribution in [-0.2, 0) is 14.2 Å². The van der Waals surface area contributed by atoms with Crippen molar-refractivity contribution in [3.8, 4) is 0 Å². The highest BCUT2D eigenvalue weighted by atomic mass is 16.6. The molecule has 187 valence electrons. The molecule has 3 fully saturated rings. The van der Waals surface area contributed by atoms with Crippen LogP contribution < -0.4 is 0 Å². The molecule has 3 saturated heterocycles. The van der Waals surface area contributed by atoms with Gasteiger partial charge in [-0.15, -0.1) is 0 Å². The van der Waals surface area contributed by atoms with Gasteiger partial charge in [0.25, 0.3) is 0 Å². The fraction of sp³-hybridized carbons (Fsp3) is 0.944. The van der Waals surface area contributed by atoms with E-state index >= 15 is 0 Å². The number of rotatable bonds is 4. The van der Waals surface area contributed by atoms with Gasteiger partial charge >= 0.3 is 0 Å². The first-order valence-electron chi connectivity index (χ1n) is 10.1. The van der Waals surface area contributed by atoms with Crippen molar-refractivity contribution < 1.29 is 70.4 Å². The van der Waals surface area contributed by atoms with E-state index in [9.17, 15) is 56.2 Å². The lowest BCUT2D eigenvalue weighted by molar-refractivity contribution is -0.377. The van der Waals surface area contributed by atoms with E-state index < -0.39 is 97.7 Å². The van der Waals surface area contributed by atoms with E-state index in [2.05, 4.69) is 0 Å². The Kier molecular flexibility index (Phi) is 7.52. The number of hydrogen-bond donors (Lipinski definition) is 11. The second kappa shape index (κ2) is 9.24. The van der Waals surface area contributed by atoms with Gasteiger partial charge in [0, 0.05) is 0 Å². The Morgan fingerprint density at radius 1 is 0.688 bits per heavy atom. The molecule has 1 radical (unpaired) electrons. The lowest BCUT2D eigenvalue weighted by Gasteiger charge is -2.60. The molecule has 3 heterocycles. The summed E-state index contributed by atoms with van der Waals surface area (Å²) in [4.78, 5) is 0. The molecule has 3 aliphatic rings.